The van der Waals surface area contributed by atoms with Gasteiger partial charge < -0.3 is 39.7 Å². The lowest BCUT2D eigenvalue weighted by Crippen LogP contribution is -2.59. The first kappa shape index (κ1) is 34.5. The standard InChI is InChI=1S/C29H34F2N4O10P2/c1-14-11-33(26-22(30)24(32)21-25(23(26)31)34(17-6-7-17)13-19(27(21)36)28(37)38)12-15(2)35(14)29(39)45-18-8-4-16(5-9-18)10-20(46(3,40)41)47(42,43)44/h4-5,8-9,13-15,17,20H,6-7,10-12,32H2,1-3H3,(H,37,38)(H,40,41)(H2,42,43,44)/t14-,15+,20?. The molecular formula is C29H34F2N4O10P2. The van der Waals surface area contributed by atoms with E-state index < -0.39 is 83.9 Å². The first-order valence-corrected chi connectivity index (χ1v) is 18.4. The highest BCUT2D eigenvalue weighted by atomic mass is 31.2. The van der Waals surface area contributed by atoms with E-state index in [-0.39, 0.29) is 36.8 Å². The summed E-state index contributed by atoms with van der Waals surface area (Å²) < 4.78 is 62.7. The number of anilines is 2. The van der Waals surface area contributed by atoms with Gasteiger partial charge in [0.05, 0.1) is 28.7 Å². The largest absolute Gasteiger partial charge is 0.477 e. The molecule has 3 aromatic rings. The predicted molar refractivity (Wildman–Crippen MR) is 168 cm³/mol. The molecule has 2 aromatic carbocycles. The molecule has 6 N–H and O–H groups in total. The number of amides is 1. The number of benzene rings is 2. The van der Waals surface area contributed by atoms with Crippen LogP contribution in [-0.2, 0) is 15.6 Å². The van der Waals surface area contributed by atoms with Gasteiger partial charge in [0.1, 0.15) is 22.4 Å². The maximum Gasteiger partial charge on any atom is 0.415 e. The number of aromatic nitrogens is 1. The molecule has 2 heterocycles. The molecular weight excluding hydrogens is 664 g/mol. The summed E-state index contributed by atoms with van der Waals surface area (Å²) in [5.41, 5.74) is 3.19. The molecule has 1 saturated heterocycles. The Morgan fingerprint density at radius 3 is 2.11 bits per heavy atom. The lowest BCUT2D eigenvalue weighted by atomic mass is 10.0. The fourth-order valence-electron chi connectivity index (χ4n) is 6.11. The van der Waals surface area contributed by atoms with Crippen molar-refractivity contribution in [3.8, 4) is 5.75 Å². The number of fused-ring (bicyclic) bond motifs is 1. The van der Waals surface area contributed by atoms with Gasteiger partial charge >= 0.3 is 19.7 Å². The molecule has 0 radical (unpaired) electrons. The van der Waals surface area contributed by atoms with E-state index in [1.165, 1.54) is 38.6 Å². The highest BCUT2D eigenvalue weighted by molar-refractivity contribution is 7.73. The summed E-state index contributed by atoms with van der Waals surface area (Å²) in [5.74, 6) is -3.74. The molecule has 1 aliphatic carbocycles. The van der Waals surface area contributed by atoms with E-state index in [2.05, 4.69) is 0 Å². The van der Waals surface area contributed by atoms with Crippen LogP contribution < -0.4 is 20.8 Å². The number of hydrogen-bond donors (Lipinski definition) is 5. The first-order chi connectivity index (χ1) is 21.8. The summed E-state index contributed by atoms with van der Waals surface area (Å²) in [6.45, 7) is 4.05. The second kappa shape index (κ2) is 12.3. The van der Waals surface area contributed by atoms with E-state index >= 15 is 8.78 Å². The Kier molecular flexibility index (Phi) is 9.06. The van der Waals surface area contributed by atoms with Crippen molar-refractivity contribution in [3.05, 3.63) is 63.4 Å². The Bertz CT molecular complexity index is 1890. The van der Waals surface area contributed by atoms with Crippen LogP contribution >= 0.6 is 15.0 Å². The van der Waals surface area contributed by atoms with Crippen LogP contribution in [0.5, 0.6) is 5.75 Å². The topological polar surface area (TPSA) is 213 Å². The number of nitrogens with zero attached hydrogens (tertiary/aromatic N) is 3. The van der Waals surface area contributed by atoms with Crippen molar-refractivity contribution < 1.29 is 52.0 Å². The first-order valence-electron chi connectivity index (χ1n) is 14.6. The monoisotopic (exact) mass is 698 g/mol. The van der Waals surface area contributed by atoms with Gasteiger partial charge in [0, 0.05) is 32.0 Å². The van der Waals surface area contributed by atoms with Crippen molar-refractivity contribution in [2.45, 2.75) is 56.6 Å². The molecule has 1 aromatic heterocycles. The number of hydrogen-bond acceptors (Lipinski definition) is 8. The van der Waals surface area contributed by atoms with Crippen molar-refractivity contribution in [1.29, 1.82) is 0 Å². The van der Waals surface area contributed by atoms with Gasteiger partial charge in [-0.1, -0.05) is 12.1 Å². The zero-order valence-electron chi connectivity index (χ0n) is 25.5. The average Bonchev–Trinajstić information content (AvgIpc) is 3.79. The molecule has 0 spiro atoms. The predicted octanol–water partition coefficient (Wildman–Crippen LogP) is 3.94. The van der Waals surface area contributed by atoms with E-state index in [0.717, 1.165) is 12.9 Å². The number of carboxylic acids is 1. The highest BCUT2D eigenvalue weighted by Crippen LogP contribution is 2.61. The number of piperazine rings is 1. The van der Waals surface area contributed by atoms with Crippen molar-refractivity contribution in [2.75, 3.05) is 30.4 Å². The third-order valence-electron chi connectivity index (χ3n) is 8.47. The summed E-state index contributed by atoms with van der Waals surface area (Å²) in [5, 5.41) is 7.19. The summed E-state index contributed by atoms with van der Waals surface area (Å²) in [6, 6.07) is 3.97. The molecule has 2 unspecified atom stereocenters. The number of ether oxygens (including phenoxy) is 1. The number of rotatable bonds is 8. The summed E-state index contributed by atoms with van der Waals surface area (Å²) in [6.07, 6.45) is 1.12. The van der Waals surface area contributed by atoms with Gasteiger partial charge in [-0.15, -0.1) is 0 Å². The maximum atomic E-state index is 16.3. The number of aromatic carboxylic acids is 1. The quantitative estimate of drug-likeness (QED) is 0.167. The minimum atomic E-state index is -4.89. The van der Waals surface area contributed by atoms with Crippen LogP contribution in [0.15, 0.2) is 35.3 Å². The lowest BCUT2D eigenvalue weighted by Gasteiger charge is -2.44. The molecule has 4 atom stereocenters. The third kappa shape index (κ3) is 6.66. The van der Waals surface area contributed by atoms with Crippen LogP contribution in [0.1, 0.15) is 48.7 Å². The Balaban J connectivity index is 1.38. The van der Waals surface area contributed by atoms with E-state index in [4.69, 9.17) is 10.5 Å². The fourth-order valence-corrected chi connectivity index (χ4v) is 9.34. The Morgan fingerprint density at radius 1 is 1.04 bits per heavy atom. The minimum absolute atomic E-state index is 0.0555. The molecule has 1 aliphatic heterocycles. The van der Waals surface area contributed by atoms with Gasteiger partial charge in [0.2, 0.25) is 12.8 Å². The number of nitrogens with two attached hydrogens (primary N) is 1. The molecule has 1 saturated carbocycles. The van der Waals surface area contributed by atoms with E-state index in [0.29, 0.717) is 18.4 Å². The molecule has 18 heteroatoms. The van der Waals surface area contributed by atoms with Crippen molar-refractivity contribution >= 4 is 49.3 Å². The van der Waals surface area contributed by atoms with Gasteiger partial charge in [-0.05, 0) is 50.8 Å². The summed E-state index contributed by atoms with van der Waals surface area (Å²) in [7, 11) is -9.03. The van der Waals surface area contributed by atoms with Gasteiger partial charge in [-0.25, -0.2) is 18.4 Å². The van der Waals surface area contributed by atoms with Crippen LogP contribution in [0, 0.1) is 11.6 Å². The number of nitrogen functional groups attached to an aromatic ring is 1. The van der Waals surface area contributed by atoms with Crippen molar-refractivity contribution in [3.63, 3.8) is 0 Å². The number of carbonyl (C=O) groups is 2. The second-order valence-corrected chi connectivity index (χ2v) is 16.9. The number of carbonyl (C=O) groups excluding carboxylic acids is 1. The lowest BCUT2D eigenvalue weighted by molar-refractivity contribution is 0.0694. The Labute approximate surface area is 267 Å². The Hall–Kier alpha value is -3.81. The van der Waals surface area contributed by atoms with E-state index in [9.17, 15) is 43.3 Å². The minimum Gasteiger partial charge on any atom is -0.477 e. The third-order valence-corrected chi connectivity index (χ3v) is 12.9. The molecule has 2 aliphatic rings. The molecule has 14 nitrogen and oxygen atoms in total. The van der Waals surface area contributed by atoms with Crippen LogP contribution in [-0.4, -0.2) is 78.6 Å². The summed E-state index contributed by atoms with van der Waals surface area (Å²) in [4.78, 5) is 69.5. The van der Waals surface area contributed by atoms with Gasteiger partial charge in [-0.3, -0.25) is 18.8 Å². The van der Waals surface area contributed by atoms with Gasteiger partial charge in [0.25, 0.3) is 0 Å². The van der Waals surface area contributed by atoms with Crippen LogP contribution in [0.3, 0.4) is 0 Å². The Morgan fingerprint density at radius 2 is 1.62 bits per heavy atom. The SMILES string of the molecule is C[C@@H]1CN(c2c(F)c(N)c3c(=O)c(C(=O)O)cn(C4CC4)c3c2F)C[C@H](C)N1C(=O)Oc1ccc(CC(P(C)(=O)O)P(=O)(O)O)cc1. The van der Waals surface area contributed by atoms with Gasteiger partial charge in [0.15, 0.2) is 11.6 Å². The highest BCUT2D eigenvalue weighted by Gasteiger charge is 2.41. The molecule has 47 heavy (non-hydrogen) atoms. The zero-order chi connectivity index (χ0) is 34.7. The van der Waals surface area contributed by atoms with E-state index in [1.807, 2.05) is 0 Å². The van der Waals surface area contributed by atoms with Crippen molar-refractivity contribution in [1.82, 2.24) is 9.47 Å². The smallest absolute Gasteiger partial charge is 0.415 e. The fraction of sp³-hybridized carbons (Fsp3) is 0.414. The maximum absolute atomic E-state index is 16.3. The van der Waals surface area contributed by atoms with E-state index in [1.54, 1.807) is 13.8 Å². The number of halogens is 2. The second-order valence-electron chi connectivity index (χ2n) is 12.2. The van der Waals surface area contributed by atoms with Crippen LogP contribution in [0.4, 0.5) is 25.0 Å². The molecule has 0 bridgehead atoms. The molecule has 1 amide bonds. The van der Waals surface area contributed by atoms with Crippen molar-refractivity contribution in [2.24, 2.45) is 0 Å². The number of pyridine rings is 1. The average molecular weight is 699 g/mol. The van der Waals surface area contributed by atoms with Crippen LogP contribution in [0.25, 0.3) is 10.9 Å². The van der Waals surface area contributed by atoms with Crippen LogP contribution in [0.2, 0.25) is 0 Å². The summed E-state index contributed by atoms with van der Waals surface area (Å²) >= 11 is 0. The number of carboxylic acid groups (broad SMARTS) is 1. The molecule has 5 rings (SSSR count). The normalized spacial score (nSPS) is 20.6. The zero-order valence-corrected chi connectivity index (χ0v) is 27.3. The molecule has 254 valence electrons. The van der Waals surface area contributed by atoms with Gasteiger partial charge in [-0.2, -0.15) is 0 Å². The molecule has 2 fully saturated rings.